The average Bonchev–Trinajstić information content (AvgIpc) is 3.24. The monoisotopic (exact) mass is 419 g/mol. The lowest BCUT2D eigenvalue weighted by Gasteiger charge is -2.14. The van der Waals surface area contributed by atoms with Crippen LogP contribution in [0.3, 0.4) is 0 Å². The Morgan fingerprint density at radius 2 is 1.97 bits per heavy atom. The van der Waals surface area contributed by atoms with Gasteiger partial charge < -0.3 is 14.2 Å². The lowest BCUT2D eigenvalue weighted by molar-refractivity contribution is 0.0454. The standard InChI is InChI=1S/C21H25NO6S/c1-22(2)29(24,25)18-9-5-7-16(13-18)14-28-21(23)19-10-3-4-11-20(19)27-15-17-8-6-12-26-17/h3-5,7,9-11,13,17H,6,8,12,14-15H2,1-2H3. The van der Waals surface area contributed by atoms with E-state index < -0.39 is 16.0 Å². The summed E-state index contributed by atoms with van der Waals surface area (Å²) in [5.41, 5.74) is 0.904. The van der Waals surface area contributed by atoms with E-state index in [9.17, 15) is 13.2 Å². The molecule has 0 amide bonds. The van der Waals surface area contributed by atoms with Gasteiger partial charge in [0.15, 0.2) is 0 Å². The van der Waals surface area contributed by atoms with Gasteiger partial charge in [-0.2, -0.15) is 0 Å². The summed E-state index contributed by atoms with van der Waals surface area (Å²) in [7, 11) is -0.616. The second-order valence-electron chi connectivity index (χ2n) is 6.95. The molecule has 2 aromatic rings. The first-order valence-corrected chi connectivity index (χ1v) is 10.8. The Morgan fingerprint density at radius 1 is 1.17 bits per heavy atom. The van der Waals surface area contributed by atoms with E-state index in [0.717, 1.165) is 23.8 Å². The molecule has 29 heavy (non-hydrogen) atoms. The quantitative estimate of drug-likeness (QED) is 0.612. The van der Waals surface area contributed by atoms with Gasteiger partial charge in [0, 0.05) is 20.7 Å². The van der Waals surface area contributed by atoms with Gasteiger partial charge in [-0.15, -0.1) is 0 Å². The normalized spacial score (nSPS) is 16.7. The molecule has 1 aliphatic heterocycles. The Labute approximate surface area is 171 Å². The van der Waals surface area contributed by atoms with Crippen LogP contribution in [0.4, 0.5) is 0 Å². The molecule has 3 rings (SSSR count). The number of hydrogen-bond donors (Lipinski definition) is 0. The summed E-state index contributed by atoms with van der Waals surface area (Å²) in [6.45, 7) is 1.07. The van der Waals surface area contributed by atoms with Crippen molar-refractivity contribution in [3.63, 3.8) is 0 Å². The van der Waals surface area contributed by atoms with E-state index in [1.54, 1.807) is 36.4 Å². The summed E-state index contributed by atoms with van der Waals surface area (Å²) in [5.74, 6) is -0.0919. The van der Waals surface area contributed by atoms with Gasteiger partial charge in [0.2, 0.25) is 10.0 Å². The first-order chi connectivity index (χ1) is 13.9. The number of hydrogen-bond acceptors (Lipinski definition) is 6. The maximum Gasteiger partial charge on any atom is 0.342 e. The molecular formula is C21H25NO6S. The van der Waals surface area contributed by atoms with E-state index in [0.29, 0.717) is 23.5 Å². The molecule has 0 aromatic heterocycles. The molecule has 7 nitrogen and oxygen atoms in total. The number of sulfonamides is 1. The number of para-hydroxylation sites is 1. The van der Waals surface area contributed by atoms with Crippen LogP contribution in [0.1, 0.15) is 28.8 Å². The molecule has 0 saturated carbocycles. The molecule has 1 fully saturated rings. The Morgan fingerprint density at radius 3 is 2.69 bits per heavy atom. The zero-order valence-corrected chi connectivity index (χ0v) is 17.4. The number of carbonyl (C=O) groups is 1. The van der Waals surface area contributed by atoms with Crippen LogP contribution in [0.15, 0.2) is 53.4 Å². The van der Waals surface area contributed by atoms with Gasteiger partial charge >= 0.3 is 5.97 Å². The van der Waals surface area contributed by atoms with Crippen molar-refractivity contribution in [2.24, 2.45) is 0 Å². The van der Waals surface area contributed by atoms with E-state index in [1.165, 1.54) is 26.2 Å². The smallest absolute Gasteiger partial charge is 0.342 e. The molecule has 0 bridgehead atoms. The summed E-state index contributed by atoms with van der Waals surface area (Å²) in [5, 5.41) is 0. The van der Waals surface area contributed by atoms with Crippen molar-refractivity contribution in [2.75, 3.05) is 27.3 Å². The minimum atomic E-state index is -3.55. The third-order valence-electron chi connectivity index (χ3n) is 4.60. The number of ether oxygens (including phenoxy) is 3. The van der Waals surface area contributed by atoms with Crippen molar-refractivity contribution in [2.45, 2.75) is 30.4 Å². The highest BCUT2D eigenvalue weighted by molar-refractivity contribution is 7.89. The molecule has 1 saturated heterocycles. The summed E-state index contributed by atoms with van der Waals surface area (Å²) in [6.07, 6.45) is 2.00. The van der Waals surface area contributed by atoms with E-state index in [2.05, 4.69) is 0 Å². The molecule has 156 valence electrons. The van der Waals surface area contributed by atoms with Crippen LogP contribution in [0.5, 0.6) is 5.75 Å². The molecule has 1 heterocycles. The highest BCUT2D eigenvalue weighted by Crippen LogP contribution is 2.22. The first-order valence-electron chi connectivity index (χ1n) is 9.40. The van der Waals surface area contributed by atoms with E-state index >= 15 is 0 Å². The Kier molecular flexibility index (Phi) is 6.89. The van der Waals surface area contributed by atoms with Crippen molar-refractivity contribution in [3.05, 3.63) is 59.7 Å². The van der Waals surface area contributed by atoms with Crippen LogP contribution < -0.4 is 4.74 Å². The van der Waals surface area contributed by atoms with Gasteiger partial charge in [-0.05, 0) is 42.7 Å². The largest absolute Gasteiger partial charge is 0.490 e. The fourth-order valence-electron chi connectivity index (χ4n) is 2.95. The highest BCUT2D eigenvalue weighted by atomic mass is 32.2. The topological polar surface area (TPSA) is 82.1 Å². The number of esters is 1. The minimum absolute atomic E-state index is 0.0421. The molecule has 1 unspecified atom stereocenters. The van der Waals surface area contributed by atoms with Gasteiger partial charge in [-0.25, -0.2) is 17.5 Å². The van der Waals surface area contributed by atoms with Gasteiger partial charge in [0.05, 0.1) is 11.0 Å². The van der Waals surface area contributed by atoms with Crippen LogP contribution in [-0.4, -0.2) is 52.1 Å². The molecule has 2 aromatic carbocycles. The van der Waals surface area contributed by atoms with Crippen molar-refractivity contribution < 1.29 is 27.4 Å². The Balaban J connectivity index is 1.65. The maximum absolute atomic E-state index is 12.6. The zero-order chi connectivity index (χ0) is 20.9. The molecule has 1 aliphatic rings. The molecule has 0 spiro atoms. The highest BCUT2D eigenvalue weighted by Gasteiger charge is 2.20. The van der Waals surface area contributed by atoms with E-state index in [-0.39, 0.29) is 17.6 Å². The average molecular weight is 419 g/mol. The van der Waals surface area contributed by atoms with Crippen molar-refractivity contribution in [1.29, 1.82) is 0 Å². The molecule has 8 heteroatoms. The third-order valence-corrected chi connectivity index (χ3v) is 6.41. The molecule has 1 atom stereocenters. The molecular weight excluding hydrogens is 394 g/mol. The second-order valence-corrected chi connectivity index (χ2v) is 9.10. The first kappa shape index (κ1) is 21.3. The minimum Gasteiger partial charge on any atom is -0.490 e. The fraction of sp³-hybridized carbons (Fsp3) is 0.381. The van der Waals surface area contributed by atoms with E-state index in [4.69, 9.17) is 14.2 Å². The van der Waals surface area contributed by atoms with Crippen LogP contribution >= 0.6 is 0 Å². The van der Waals surface area contributed by atoms with Crippen LogP contribution in [0.25, 0.3) is 0 Å². The molecule has 0 N–H and O–H groups in total. The van der Waals surface area contributed by atoms with E-state index in [1.807, 2.05) is 0 Å². The van der Waals surface area contributed by atoms with Crippen molar-refractivity contribution in [1.82, 2.24) is 4.31 Å². The number of carbonyl (C=O) groups excluding carboxylic acids is 1. The Hall–Kier alpha value is -2.42. The van der Waals surface area contributed by atoms with Crippen molar-refractivity contribution in [3.8, 4) is 5.75 Å². The maximum atomic E-state index is 12.6. The third kappa shape index (κ3) is 5.35. The van der Waals surface area contributed by atoms with Gasteiger partial charge in [-0.3, -0.25) is 0 Å². The number of nitrogens with zero attached hydrogens (tertiary/aromatic N) is 1. The number of rotatable bonds is 8. The summed E-state index contributed by atoms with van der Waals surface area (Å²) < 4.78 is 42.4. The summed E-state index contributed by atoms with van der Waals surface area (Å²) in [6, 6.07) is 13.2. The zero-order valence-electron chi connectivity index (χ0n) is 16.5. The van der Waals surface area contributed by atoms with Crippen LogP contribution in [-0.2, 0) is 26.1 Å². The van der Waals surface area contributed by atoms with Gasteiger partial charge in [0.25, 0.3) is 0 Å². The Bertz CT molecular complexity index is 951. The van der Waals surface area contributed by atoms with Gasteiger partial charge in [0.1, 0.15) is 24.5 Å². The molecule has 0 radical (unpaired) electrons. The summed E-state index contributed by atoms with van der Waals surface area (Å²) in [4.78, 5) is 12.7. The predicted octanol–water partition coefficient (Wildman–Crippen LogP) is 2.85. The second kappa shape index (κ2) is 9.39. The fourth-order valence-corrected chi connectivity index (χ4v) is 3.93. The lowest BCUT2D eigenvalue weighted by atomic mass is 10.2. The van der Waals surface area contributed by atoms with Crippen LogP contribution in [0, 0.1) is 0 Å². The van der Waals surface area contributed by atoms with Crippen LogP contribution in [0.2, 0.25) is 0 Å². The lowest BCUT2D eigenvalue weighted by Crippen LogP contribution is -2.22. The summed E-state index contributed by atoms with van der Waals surface area (Å²) >= 11 is 0. The predicted molar refractivity (Wildman–Crippen MR) is 107 cm³/mol. The van der Waals surface area contributed by atoms with Gasteiger partial charge in [-0.1, -0.05) is 24.3 Å². The van der Waals surface area contributed by atoms with Crippen molar-refractivity contribution >= 4 is 16.0 Å². The molecule has 0 aliphatic carbocycles. The number of benzene rings is 2. The SMILES string of the molecule is CN(C)S(=O)(=O)c1cccc(COC(=O)c2ccccc2OCC2CCCO2)c1.